The van der Waals surface area contributed by atoms with Gasteiger partial charge in [-0.05, 0) is 6.92 Å². The van der Waals surface area contributed by atoms with E-state index in [2.05, 4.69) is 5.32 Å². The molecule has 0 aromatic carbocycles. The molecule has 0 radical (unpaired) electrons. The zero-order valence-corrected chi connectivity index (χ0v) is 14.1. The summed E-state index contributed by atoms with van der Waals surface area (Å²) in [5, 5.41) is 3.03. The Morgan fingerprint density at radius 3 is 2.60 bits per heavy atom. The maximum Gasteiger partial charge on any atom is 0.404 e. The Kier molecular flexibility index (Phi) is 4.11. The van der Waals surface area contributed by atoms with E-state index < -0.39 is 30.4 Å². The van der Waals surface area contributed by atoms with Gasteiger partial charge in [0.25, 0.3) is 0 Å². The third-order valence-electron chi connectivity index (χ3n) is 4.74. The van der Waals surface area contributed by atoms with Gasteiger partial charge in [-0.15, -0.1) is 0 Å². The smallest absolute Gasteiger partial charge is 0.404 e. The number of Topliss-reactive ketones (excluding diaryl/α,β-unsaturated/α-hetero) is 3. The zero-order chi connectivity index (χ0) is 18.5. The summed E-state index contributed by atoms with van der Waals surface area (Å²) in [5.74, 6) is -2.42. The lowest BCUT2D eigenvalue weighted by Crippen LogP contribution is -2.43. The van der Waals surface area contributed by atoms with E-state index in [1.54, 1.807) is 11.9 Å². The van der Waals surface area contributed by atoms with Crippen molar-refractivity contribution in [1.29, 1.82) is 0 Å². The molecule has 2 heterocycles. The molecule has 0 saturated carbocycles. The molecule has 1 saturated heterocycles. The molecule has 9 nitrogen and oxygen atoms in total. The number of ketones is 3. The maximum atomic E-state index is 12.9. The van der Waals surface area contributed by atoms with E-state index in [0.29, 0.717) is 6.54 Å². The predicted octanol–water partition coefficient (Wildman–Crippen LogP) is -1.12. The zero-order valence-electron chi connectivity index (χ0n) is 14.1. The molecule has 2 aliphatic heterocycles. The summed E-state index contributed by atoms with van der Waals surface area (Å²) in [6, 6.07) is -0.558. The second-order valence-electron chi connectivity index (χ2n) is 6.30. The molecule has 1 amide bonds. The van der Waals surface area contributed by atoms with Gasteiger partial charge in [-0.25, -0.2) is 4.79 Å². The Hall–Kier alpha value is -2.68. The highest BCUT2D eigenvalue weighted by Crippen LogP contribution is 2.36. The number of carbonyl (C=O) groups excluding carboxylic acids is 4. The van der Waals surface area contributed by atoms with Gasteiger partial charge in [-0.3, -0.25) is 19.7 Å². The molecule has 3 unspecified atom stereocenters. The van der Waals surface area contributed by atoms with E-state index >= 15 is 0 Å². The average molecular weight is 349 g/mol. The van der Waals surface area contributed by atoms with Crippen LogP contribution in [0, 0.1) is 5.92 Å². The van der Waals surface area contributed by atoms with E-state index in [1.165, 1.54) is 14.0 Å². The van der Waals surface area contributed by atoms with Crippen LogP contribution < -0.4 is 11.1 Å². The number of rotatable bonds is 3. The Labute approximate surface area is 143 Å². The van der Waals surface area contributed by atoms with Crippen LogP contribution in [0.4, 0.5) is 4.79 Å². The summed E-state index contributed by atoms with van der Waals surface area (Å²) in [6.45, 7) is 1.51. The highest BCUT2D eigenvalue weighted by atomic mass is 16.5. The summed E-state index contributed by atoms with van der Waals surface area (Å²) in [7, 11) is 2.97. The van der Waals surface area contributed by atoms with E-state index in [-0.39, 0.29) is 40.2 Å². The number of hydrogen-bond acceptors (Lipinski definition) is 8. The van der Waals surface area contributed by atoms with Gasteiger partial charge in [0.2, 0.25) is 11.6 Å². The first-order chi connectivity index (χ1) is 11.8. The van der Waals surface area contributed by atoms with Crippen molar-refractivity contribution in [2.45, 2.75) is 19.0 Å². The van der Waals surface area contributed by atoms with Crippen molar-refractivity contribution in [3.05, 3.63) is 22.6 Å². The number of fused-ring (bicyclic) bond motifs is 1. The summed E-state index contributed by atoms with van der Waals surface area (Å²) in [6.07, 6.45) is -1.06. The summed E-state index contributed by atoms with van der Waals surface area (Å²) < 4.78 is 9.88. The van der Waals surface area contributed by atoms with Crippen LogP contribution in [0.1, 0.15) is 6.92 Å². The van der Waals surface area contributed by atoms with Crippen LogP contribution in [0.15, 0.2) is 22.6 Å². The number of primary amides is 1. The van der Waals surface area contributed by atoms with E-state index in [4.69, 9.17) is 15.2 Å². The molecule has 1 aliphatic carbocycles. The Balaban J connectivity index is 2.13. The third kappa shape index (κ3) is 2.70. The molecule has 25 heavy (non-hydrogen) atoms. The van der Waals surface area contributed by atoms with Gasteiger partial charge in [0.1, 0.15) is 6.61 Å². The lowest BCUT2D eigenvalue weighted by atomic mass is 9.80. The van der Waals surface area contributed by atoms with Crippen LogP contribution in [0.2, 0.25) is 0 Å². The summed E-state index contributed by atoms with van der Waals surface area (Å²) in [4.78, 5) is 51.2. The van der Waals surface area contributed by atoms with Crippen molar-refractivity contribution in [2.75, 3.05) is 27.3 Å². The Bertz CT molecular complexity index is 753. The molecule has 0 bridgehead atoms. The number of nitrogens with zero attached hydrogens (tertiary/aromatic N) is 1. The van der Waals surface area contributed by atoms with Crippen molar-refractivity contribution >= 4 is 23.4 Å². The highest BCUT2D eigenvalue weighted by Gasteiger charge is 2.52. The fraction of sp³-hybridized carbons (Fsp3) is 0.500. The van der Waals surface area contributed by atoms with E-state index in [9.17, 15) is 19.2 Å². The first kappa shape index (κ1) is 17.2. The Morgan fingerprint density at radius 2 is 2.00 bits per heavy atom. The fourth-order valence-corrected chi connectivity index (χ4v) is 3.44. The van der Waals surface area contributed by atoms with Crippen molar-refractivity contribution in [1.82, 2.24) is 10.2 Å². The lowest BCUT2D eigenvalue weighted by Gasteiger charge is -2.32. The largest absolute Gasteiger partial charge is 0.492 e. The number of nitrogens with two attached hydrogens (primary N) is 1. The number of hydrogen-bond donors (Lipinski definition) is 2. The number of amides is 1. The van der Waals surface area contributed by atoms with Gasteiger partial charge in [0, 0.05) is 30.8 Å². The molecule has 134 valence electrons. The first-order valence-electron chi connectivity index (χ1n) is 7.79. The van der Waals surface area contributed by atoms with Crippen LogP contribution in [0.3, 0.4) is 0 Å². The monoisotopic (exact) mass is 349 g/mol. The normalized spacial score (nSPS) is 29.0. The minimum absolute atomic E-state index is 0.00616. The predicted molar refractivity (Wildman–Crippen MR) is 84.1 cm³/mol. The van der Waals surface area contributed by atoms with Gasteiger partial charge < -0.3 is 20.1 Å². The fourth-order valence-electron chi connectivity index (χ4n) is 3.44. The van der Waals surface area contributed by atoms with Crippen LogP contribution in [-0.2, 0) is 23.9 Å². The first-order valence-corrected chi connectivity index (χ1v) is 7.79. The van der Waals surface area contributed by atoms with Gasteiger partial charge >= 0.3 is 6.09 Å². The molecular weight excluding hydrogens is 330 g/mol. The van der Waals surface area contributed by atoms with Gasteiger partial charge in [0.05, 0.1) is 24.8 Å². The number of nitrogens with one attached hydrogen (secondary N) is 1. The van der Waals surface area contributed by atoms with Crippen molar-refractivity contribution in [3.8, 4) is 0 Å². The molecule has 3 atom stereocenters. The molecule has 3 rings (SSSR count). The van der Waals surface area contributed by atoms with E-state index in [0.717, 1.165) is 0 Å². The van der Waals surface area contributed by atoms with Crippen molar-refractivity contribution in [3.63, 3.8) is 0 Å². The van der Waals surface area contributed by atoms with Crippen molar-refractivity contribution in [2.24, 2.45) is 11.7 Å². The van der Waals surface area contributed by atoms with Gasteiger partial charge in [-0.1, -0.05) is 0 Å². The van der Waals surface area contributed by atoms with Crippen LogP contribution >= 0.6 is 0 Å². The number of methoxy groups -OCH3 is 1. The number of likely N-dealkylation sites (N-methyl/N-ethyl adjacent to an activating group) is 1. The van der Waals surface area contributed by atoms with Crippen LogP contribution in [0.5, 0.6) is 0 Å². The standard InChI is InChI=1S/C16H19N3O6/c1-6-12(20)11-9(14(22)15(6)24-3)7(5-25-16(17)23)13(21)10-8(18-10)4-19(11)2/h7-8,10,18H,4-5H2,1-3H3,(H2,17,23). The third-order valence-corrected chi connectivity index (χ3v) is 4.74. The minimum Gasteiger partial charge on any atom is -0.492 e. The van der Waals surface area contributed by atoms with Crippen LogP contribution in [0.25, 0.3) is 0 Å². The summed E-state index contributed by atoms with van der Waals surface area (Å²) >= 11 is 0. The molecule has 0 spiro atoms. The molecule has 9 heteroatoms. The number of carbonyl (C=O) groups is 4. The van der Waals surface area contributed by atoms with Crippen LogP contribution in [-0.4, -0.2) is 67.7 Å². The van der Waals surface area contributed by atoms with Crippen molar-refractivity contribution < 1.29 is 28.7 Å². The lowest BCUT2D eigenvalue weighted by molar-refractivity contribution is -0.126. The second kappa shape index (κ2) is 5.99. The highest BCUT2D eigenvalue weighted by molar-refractivity contribution is 6.25. The quantitative estimate of drug-likeness (QED) is 0.483. The average Bonchev–Trinajstić information content (AvgIpc) is 3.29. The molecule has 1 fully saturated rings. The molecular formula is C16H19N3O6. The maximum absolute atomic E-state index is 12.9. The number of allylic oxidation sites excluding steroid dienone is 2. The summed E-state index contributed by atoms with van der Waals surface area (Å²) in [5.41, 5.74) is 5.32. The minimum atomic E-state index is -1.08. The topological polar surface area (TPSA) is 138 Å². The van der Waals surface area contributed by atoms with E-state index in [1.807, 2.05) is 0 Å². The molecule has 3 N–H and O–H groups in total. The van der Waals surface area contributed by atoms with Gasteiger partial charge in [0.15, 0.2) is 11.5 Å². The van der Waals surface area contributed by atoms with Gasteiger partial charge in [-0.2, -0.15) is 0 Å². The molecule has 3 aliphatic rings. The SMILES string of the molecule is COC1=C(C)C(=O)C2=C(C1=O)C(COC(N)=O)C(=O)C1NC1CN2C. The number of ether oxygens (including phenoxy) is 2. The Morgan fingerprint density at radius 1 is 1.32 bits per heavy atom. The molecule has 0 aromatic rings. The second-order valence-corrected chi connectivity index (χ2v) is 6.30. The molecule has 0 aromatic heterocycles.